The van der Waals surface area contributed by atoms with Gasteiger partial charge in [0.1, 0.15) is 5.75 Å². The van der Waals surface area contributed by atoms with Crippen molar-refractivity contribution in [3.8, 4) is 5.75 Å². The van der Waals surface area contributed by atoms with Gasteiger partial charge in [-0.15, -0.1) is 0 Å². The second-order valence-corrected chi connectivity index (χ2v) is 3.85. The third kappa shape index (κ3) is 2.97. The first kappa shape index (κ1) is 11.5. The zero-order valence-electron chi connectivity index (χ0n) is 10.1. The lowest BCUT2D eigenvalue weighted by Gasteiger charge is -2.14. The van der Waals surface area contributed by atoms with Crippen LogP contribution < -0.4 is 10.1 Å². The van der Waals surface area contributed by atoms with Crippen molar-refractivity contribution in [1.29, 1.82) is 0 Å². The lowest BCUT2D eigenvalue weighted by Crippen LogP contribution is -2.07. The molecule has 0 aliphatic heterocycles. The van der Waals surface area contributed by atoms with Crippen LogP contribution in [-0.4, -0.2) is 12.1 Å². The number of hydrogen-bond donors (Lipinski definition) is 1. The Morgan fingerprint density at radius 2 is 1.88 bits per heavy atom. The minimum Gasteiger partial charge on any atom is -0.497 e. The van der Waals surface area contributed by atoms with Crippen LogP contribution >= 0.6 is 0 Å². The minimum atomic E-state index is 0.185. The summed E-state index contributed by atoms with van der Waals surface area (Å²) in [5, 5.41) is 3.39. The molecule has 0 fully saturated rings. The van der Waals surface area contributed by atoms with Gasteiger partial charge in [0.15, 0.2) is 0 Å². The number of pyridine rings is 1. The van der Waals surface area contributed by atoms with Crippen LogP contribution in [-0.2, 0) is 0 Å². The SMILES string of the molecule is COc1ccc(N[C@@H](C)c2ccccn2)cc1. The first-order valence-corrected chi connectivity index (χ1v) is 5.61. The van der Waals surface area contributed by atoms with Gasteiger partial charge in [0.25, 0.3) is 0 Å². The molecule has 1 aromatic carbocycles. The van der Waals surface area contributed by atoms with Crippen LogP contribution in [0.4, 0.5) is 5.69 Å². The molecule has 0 aliphatic rings. The molecule has 2 aromatic rings. The predicted octanol–water partition coefficient (Wildman–Crippen LogP) is 3.26. The fraction of sp³-hybridized carbons (Fsp3) is 0.214. The summed E-state index contributed by atoms with van der Waals surface area (Å²) in [5.41, 5.74) is 2.09. The van der Waals surface area contributed by atoms with Gasteiger partial charge >= 0.3 is 0 Å². The van der Waals surface area contributed by atoms with Crippen molar-refractivity contribution in [2.75, 3.05) is 12.4 Å². The Hall–Kier alpha value is -2.03. The van der Waals surface area contributed by atoms with Gasteiger partial charge in [0.05, 0.1) is 18.8 Å². The van der Waals surface area contributed by atoms with Crippen LogP contribution in [0.3, 0.4) is 0 Å². The molecular formula is C14H16N2O. The van der Waals surface area contributed by atoms with Crippen molar-refractivity contribution in [3.05, 3.63) is 54.4 Å². The van der Waals surface area contributed by atoms with E-state index in [9.17, 15) is 0 Å². The van der Waals surface area contributed by atoms with E-state index in [-0.39, 0.29) is 6.04 Å². The highest BCUT2D eigenvalue weighted by Gasteiger charge is 2.05. The van der Waals surface area contributed by atoms with E-state index < -0.39 is 0 Å². The number of aromatic nitrogens is 1. The van der Waals surface area contributed by atoms with Crippen molar-refractivity contribution in [2.45, 2.75) is 13.0 Å². The van der Waals surface area contributed by atoms with Crippen LogP contribution in [0.5, 0.6) is 5.75 Å². The van der Waals surface area contributed by atoms with E-state index in [1.807, 2.05) is 48.7 Å². The molecule has 0 radical (unpaired) electrons. The molecule has 3 nitrogen and oxygen atoms in total. The number of ether oxygens (including phenoxy) is 1. The van der Waals surface area contributed by atoms with Gasteiger partial charge in [-0.1, -0.05) is 6.07 Å². The lowest BCUT2D eigenvalue weighted by atomic mass is 10.2. The Bertz CT molecular complexity index is 453. The first-order chi connectivity index (χ1) is 8.29. The average molecular weight is 228 g/mol. The molecule has 1 heterocycles. The molecule has 1 N–H and O–H groups in total. The number of nitrogens with zero attached hydrogens (tertiary/aromatic N) is 1. The number of methoxy groups -OCH3 is 1. The maximum Gasteiger partial charge on any atom is 0.119 e. The molecule has 1 aromatic heterocycles. The van der Waals surface area contributed by atoms with E-state index in [1.54, 1.807) is 7.11 Å². The van der Waals surface area contributed by atoms with Crippen molar-refractivity contribution >= 4 is 5.69 Å². The normalized spacial score (nSPS) is 11.9. The Labute approximate surface area is 101 Å². The fourth-order valence-electron chi connectivity index (χ4n) is 1.64. The summed E-state index contributed by atoms with van der Waals surface area (Å²) >= 11 is 0. The van der Waals surface area contributed by atoms with Gasteiger partial charge in [-0.2, -0.15) is 0 Å². The standard InChI is InChI=1S/C14H16N2O/c1-11(14-5-3-4-10-15-14)16-12-6-8-13(17-2)9-7-12/h3-11,16H,1-2H3/t11-/m0/s1. The van der Waals surface area contributed by atoms with E-state index in [4.69, 9.17) is 4.74 Å². The zero-order chi connectivity index (χ0) is 12.1. The van der Waals surface area contributed by atoms with E-state index in [0.717, 1.165) is 17.1 Å². The summed E-state index contributed by atoms with van der Waals surface area (Å²) in [5.74, 6) is 0.862. The highest BCUT2D eigenvalue weighted by Crippen LogP contribution is 2.20. The van der Waals surface area contributed by atoms with E-state index >= 15 is 0 Å². The molecule has 3 heteroatoms. The Kier molecular flexibility index (Phi) is 3.60. The number of nitrogens with one attached hydrogen (secondary N) is 1. The molecular weight excluding hydrogens is 212 g/mol. The quantitative estimate of drug-likeness (QED) is 0.872. The van der Waals surface area contributed by atoms with Gasteiger partial charge in [-0.25, -0.2) is 0 Å². The van der Waals surface area contributed by atoms with E-state index in [2.05, 4.69) is 17.2 Å². The van der Waals surface area contributed by atoms with Crippen LogP contribution in [0.2, 0.25) is 0 Å². The van der Waals surface area contributed by atoms with Crippen LogP contribution in [0.1, 0.15) is 18.7 Å². The fourth-order valence-corrected chi connectivity index (χ4v) is 1.64. The summed E-state index contributed by atoms with van der Waals surface area (Å²) in [7, 11) is 1.67. The zero-order valence-corrected chi connectivity index (χ0v) is 10.1. The molecule has 0 saturated carbocycles. The summed E-state index contributed by atoms with van der Waals surface area (Å²) in [4.78, 5) is 4.32. The lowest BCUT2D eigenvalue weighted by molar-refractivity contribution is 0.415. The highest BCUT2D eigenvalue weighted by molar-refractivity contribution is 5.47. The van der Waals surface area contributed by atoms with Gasteiger partial charge in [-0.3, -0.25) is 4.98 Å². The van der Waals surface area contributed by atoms with Crippen molar-refractivity contribution in [3.63, 3.8) is 0 Å². The molecule has 0 unspecified atom stereocenters. The summed E-state index contributed by atoms with van der Waals surface area (Å²) < 4.78 is 5.12. The van der Waals surface area contributed by atoms with Crippen molar-refractivity contribution in [1.82, 2.24) is 4.98 Å². The molecule has 88 valence electrons. The first-order valence-electron chi connectivity index (χ1n) is 5.61. The molecule has 0 amide bonds. The molecule has 2 rings (SSSR count). The summed E-state index contributed by atoms with van der Waals surface area (Å²) in [6, 6.07) is 14.0. The number of rotatable bonds is 4. The Morgan fingerprint density at radius 1 is 1.12 bits per heavy atom. The summed E-state index contributed by atoms with van der Waals surface area (Å²) in [6.45, 7) is 2.09. The molecule has 0 saturated heterocycles. The van der Waals surface area contributed by atoms with Crippen molar-refractivity contribution < 1.29 is 4.74 Å². The molecule has 0 bridgehead atoms. The maximum absolute atomic E-state index is 5.12. The van der Waals surface area contributed by atoms with Crippen LogP contribution in [0.15, 0.2) is 48.7 Å². The van der Waals surface area contributed by atoms with Gasteiger partial charge in [0, 0.05) is 11.9 Å². The predicted molar refractivity (Wildman–Crippen MR) is 69.3 cm³/mol. The maximum atomic E-state index is 5.12. The monoisotopic (exact) mass is 228 g/mol. The third-order valence-electron chi connectivity index (χ3n) is 2.60. The van der Waals surface area contributed by atoms with Gasteiger partial charge in [0.2, 0.25) is 0 Å². The number of anilines is 1. The highest BCUT2D eigenvalue weighted by atomic mass is 16.5. The number of benzene rings is 1. The third-order valence-corrected chi connectivity index (χ3v) is 2.60. The second kappa shape index (κ2) is 5.34. The Balaban J connectivity index is 2.05. The molecule has 17 heavy (non-hydrogen) atoms. The van der Waals surface area contributed by atoms with Crippen LogP contribution in [0.25, 0.3) is 0 Å². The average Bonchev–Trinajstić information content (AvgIpc) is 2.40. The second-order valence-electron chi connectivity index (χ2n) is 3.85. The van der Waals surface area contributed by atoms with E-state index in [1.165, 1.54) is 0 Å². The van der Waals surface area contributed by atoms with Crippen LogP contribution in [0, 0.1) is 0 Å². The minimum absolute atomic E-state index is 0.185. The number of hydrogen-bond acceptors (Lipinski definition) is 3. The Morgan fingerprint density at radius 3 is 2.47 bits per heavy atom. The largest absolute Gasteiger partial charge is 0.497 e. The molecule has 0 aliphatic carbocycles. The topological polar surface area (TPSA) is 34.1 Å². The van der Waals surface area contributed by atoms with Gasteiger partial charge < -0.3 is 10.1 Å². The summed E-state index contributed by atoms with van der Waals surface area (Å²) in [6.07, 6.45) is 1.81. The van der Waals surface area contributed by atoms with E-state index in [0.29, 0.717) is 0 Å². The van der Waals surface area contributed by atoms with Gasteiger partial charge in [-0.05, 0) is 43.3 Å². The molecule has 0 spiro atoms. The molecule has 1 atom stereocenters. The van der Waals surface area contributed by atoms with Crippen molar-refractivity contribution in [2.24, 2.45) is 0 Å². The smallest absolute Gasteiger partial charge is 0.119 e.